The third-order valence-corrected chi connectivity index (χ3v) is 5.97. The molecule has 0 aliphatic carbocycles. The summed E-state index contributed by atoms with van der Waals surface area (Å²) in [6, 6.07) is 11.8. The van der Waals surface area contributed by atoms with E-state index in [0.717, 1.165) is 17.4 Å². The zero-order chi connectivity index (χ0) is 18.9. The van der Waals surface area contributed by atoms with Gasteiger partial charge in [0.25, 0.3) is 5.91 Å². The molecular formula is C18H15ClN2O3S2. The van der Waals surface area contributed by atoms with Crippen molar-refractivity contribution in [3.8, 4) is 10.6 Å². The van der Waals surface area contributed by atoms with Crippen molar-refractivity contribution >= 4 is 44.4 Å². The van der Waals surface area contributed by atoms with E-state index < -0.39 is 15.7 Å². The monoisotopic (exact) mass is 406 g/mol. The summed E-state index contributed by atoms with van der Waals surface area (Å²) in [6.45, 7) is 1.79. The second-order valence-corrected chi connectivity index (χ2v) is 9.06. The summed E-state index contributed by atoms with van der Waals surface area (Å²) < 4.78 is 23.4. The molecule has 8 heteroatoms. The van der Waals surface area contributed by atoms with Crippen molar-refractivity contribution in [2.45, 2.75) is 11.8 Å². The van der Waals surface area contributed by atoms with Crippen LogP contribution in [0.3, 0.4) is 0 Å². The Bertz CT molecular complexity index is 1070. The van der Waals surface area contributed by atoms with Gasteiger partial charge >= 0.3 is 0 Å². The highest BCUT2D eigenvalue weighted by molar-refractivity contribution is 7.90. The molecule has 2 aromatic carbocycles. The first-order valence-corrected chi connectivity index (χ1v) is 10.7. The normalized spacial score (nSPS) is 11.3. The van der Waals surface area contributed by atoms with E-state index >= 15 is 0 Å². The number of carbonyl (C=O) groups excluding carboxylic acids is 1. The highest BCUT2D eigenvalue weighted by Crippen LogP contribution is 2.26. The third-order valence-electron chi connectivity index (χ3n) is 3.71. The van der Waals surface area contributed by atoms with Gasteiger partial charge in [-0.05, 0) is 36.8 Å². The van der Waals surface area contributed by atoms with Gasteiger partial charge in [0.1, 0.15) is 10.7 Å². The molecule has 0 radical (unpaired) electrons. The molecule has 0 unspecified atom stereocenters. The summed E-state index contributed by atoms with van der Waals surface area (Å²) in [5.74, 6) is -0.393. The third kappa shape index (κ3) is 4.12. The molecule has 0 fully saturated rings. The molecular weight excluding hydrogens is 392 g/mol. The van der Waals surface area contributed by atoms with E-state index in [9.17, 15) is 13.2 Å². The molecule has 1 N–H and O–H groups in total. The number of carbonyl (C=O) groups is 1. The van der Waals surface area contributed by atoms with Crippen molar-refractivity contribution < 1.29 is 13.2 Å². The second kappa shape index (κ2) is 7.19. The van der Waals surface area contributed by atoms with Crippen LogP contribution in [0.15, 0.2) is 52.7 Å². The number of aromatic nitrogens is 1. The SMILES string of the molecule is Cc1ccc(S(C)(=O)=O)cc1NC(=O)c1csc(-c2ccc(Cl)cc2)n1. The van der Waals surface area contributed by atoms with Crippen LogP contribution in [-0.2, 0) is 9.84 Å². The lowest BCUT2D eigenvalue weighted by Gasteiger charge is -2.09. The molecule has 1 heterocycles. The number of sulfone groups is 1. The number of aryl methyl sites for hydroxylation is 1. The van der Waals surface area contributed by atoms with Crippen molar-refractivity contribution in [2.75, 3.05) is 11.6 Å². The number of rotatable bonds is 4. The first-order chi connectivity index (χ1) is 12.2. The Morgan fingerprint density at radius 2 is 1.85 bits per heavy atom. The van der Waals surface area contributed by atoms with Gasteiger partial charge in [-0.1, -0.05) is 29.8 Å². The Labute approximate surface area is 160 Å². The van der Waals surface area contributed by atoms with Crippen LogP contribution in [0, 0.1) is 6.92 Å². The van der Waals surface area contributed by atoms with E-state index in [-0.39, 0.29) is 10.6 Å². The van der Waals surface area contributed by atoms with Crippen LogP contribution < -0.4 is 5.32 Å². The van der Waals surface area contributed by atoms with Gasteiger partial charge in [0.15, 0.2) is 9.84 Å². The van der Waals surface area contributed by atoms with Crippen LogP contribution >= 0.6 is 22.9 Å². The molecule has 3 aromatic rings. The fraction of sp³-hybridized carbons (Fsp3) is 0.111. The van der Waals surface area contributed by atoms with Crippen LogP contribution in [0.4, 0.5) is 5.69 Å². The Morgan fingerprint density at radius 1 is 1.15 bits per heavy atom. The van der Waals surface area contributed by atoms with Crippen LogP contribution in [0.1, 0.15) is 16.1 Å². The van der Waals surface area contributed by atoms with Crippen molar-refractivity contribution in [3.63, 3.8) is 0 Å². The molecule has 1 amide bonds. The fourth-order valence-corrected chi connectivity index (χ4v) is 3.84. The average molecular weight is 407 g/mol. The van der Waals surface area contributed by atoms with Gasteiger partial charge in [-0.2, -0.15) is 0 Å². The van der Waals surface area contributed by atoms with Crippen molar-refractivity contribution in [2.24, 2.45) is 0 Å². The lowest BCUT2D eigenvalue weighted by molar-refractivity contribution is 0.102. The Morgan fingerprint density at radius 3 is 2.50 bits per heavy atom. The molecule has 0 saturated heterocycles. The molecule has 3 rings (SSSR count). The Balaban J connectivity index is 1.84. The number of benzene rings is 2. The summed E-state index contributed by atoms with van der Waals surface area (Å²) >= 11 is 7.23. The summed E-state index contributed by atoms with van der Waals surface area (Å²) in [5, 5.41) is 5.73. The number of anilines is 1. The lowest BCUT2D eigenvalue weighted by atomic mass is 10.2. The maximum Gasteiger partial charge on any atom is 0.275 e. The van der Waals surface area contributed by atoms with Crippen molar-refractivity contribution in [3.05, 3.63) is 64.1 Å². The van der Waals surface area contributed by atoms with Gasteiger partial charge in [0, 0.05) is 27.9 Å². The minimum absolute atomic E-state index is 0.151. The molecule has 26 heavy (non-hydrogen) atoms. The van der Waals surface area contributed by atoms with Gasteiger partial charge in [0.2, 0.25) is 0 Å². The van der Waals surface area contributed by atoms with E-state index in [2.05, 4.69) is 10.3 Å². The number of halogens is 1. The molecule has 0 aliphatic rings. The molecule has 5 nitrogen and oxygen atoms in total. The van der Waals surface area contributed by atoms with Crippen molar-refractivity contribution in [1.82, 2.24) is 4.98 Å². The number of hydrogen-bond acceptors (Lipinski definition) is 5. The summed E-state index contributed by atoms with van der Waals surface area (Å²) in [7, 11) is -3.35. The number of thiazole rings is 1. The maximum absolute atomic E-state index is 12.5. The van der Waals surface area contributed by atoms with E-state index in [1.165, 1.54) is 23.5 Å². The number of nitrogens with zero attached hydrogens (tertiary/aromatic N) is 1. The first-order valence-electron chi connectivity index (χ1n) is 7.57. The topological polar surface area (TPSA) is 76.1 Å². The molecule has 0 aliphatic heterocycles. The highest BCUT2D eigenvalue weighted by atomic mass is 35.5. The molecule has 0 atom stereocenters. The second-order valence-electron chi connectivity index (χ2n) is 5.75. The maximum atomic E-state index is 12.5. The number of nitrogens with one attached hydrogen (secondary N) is 1. The molecule has 0 spiro atoms. The van der Waals surface area contributed by atoms with Gasteiger partial charge < -0.3 is 5.32 Å². The van der Waals surface area contributed by atoms with Gasteiger partial charge in [0.05, 0.1) is 4.90 Å². The van der Waals surface area contributed by atoms with E-state index in [1.54, 1.807) is 30.5 Å². The van der Waals surface area contributed by atoms with Crippen LogP contribution in [0.2, 0.25) is 5.02 Å². The van der Waals surface area contributed by atoms with Crippen LogP contribution in [0.25, 0.3) is 10.6 Å². The highest BCUT2D eigenvalue weighted by Gasteiger charge is 2.15. The van der Waals surface area contributed by atoms with E-state index in [0.29, 0.717) is 15.7 Å². The van der Waals surface area contributed by atoms with Crippen LogP contribution in [-0.4, -0.2) is 25.6 Å². The smallest absolute Gasteiger partial charge is 0.275 e. The summed E-state index contributed by atoms with van der Waals surface area (Å²) in [6.07, 6.45) is 1.13. The zero-order valence-electron chi connectivity index (χ0n) is 14.0. The number of hydrogen-bond donors (Lipinski definition) is 1. The zero-order valence-corrected chi connectivity index (χ0v) is 16.4. The first kappa shape index (κ1) is 18.6. The Hall–Kier alpha value is -2.22. The van der Waals surface area contributed by atoms with Crippen LogP contribution in [0.5, 0.6) is 0 Å². The van der Waals surface area contributed by atoms with Gasteiger partial charge in [-0.25, -0.2) is 13.4 Å². The molecule has 1 aromatic heterocycles. The fourth-order valence-electron chi connectivity index (χ4n) is 2.26. The van der Waals surface area contributed by atoms with E-state index in [1.807, 2.05) is 12.1 Å². The Kier molecular flexibility index (Phi) is 5.13. The predicted octanol–water partition coefficient (Wildman–Crippen LogP) is 4.43. The molecule has 134 valence electrons. The minimum atomic E-state index is -3.35. The molecule has 0 saturated carbocycles. The predicted molar refractivity (Wildman–Crippen MR) is 105 cm³/mol. The van der Waals surface area contributed by atoms with Crippen molar-refractivity contribution in [1.29, 1.82) is 0 Å². The van der Waals surface area contributed by atoms with Gasteiger partial charge in [-0.3, -0.25) is 4.79 Å². The molecule has 0 bridgehead atoms. The number of amides is 1. The largest absolute Gasteiger partial charge is 0.320 e. The quantitative estimate of drug-likeness (QED) is 0.695. The lowest BCUT2D eigenvalue weighted by Crippen LogP contribution is -2.13. The van der Waals surface area contributed by atoms with E-state index in [4.69, 9.17) is 11.6 Å². The summed E-state index contributed by atoms with van der Waals surface area (Å²) in [5.41, 5.74) is 2.34. The average Bonchev–Trinajstić information content (AvgIpc) is 3.06. The standard InChI is InChI=1S/C18H15ClN2O3S2/c1-11-3-8-14(26(2,23)24)9-15(11)20-17(22)16-10-25-18(21-16)12-4-6-13(19)7-5-12/h3-10H,1-2H3,(H,20,22). The van der Waals surface area contributed by atoms with Gasteiger partial charge in [-0.15, -0.1) is 11.3 Å². The summed E-state index contributed by atoms with van der Waals surface area (Å²) in [4.78, 5) is 17.0. The minimum Gasteiger partial charge on any atom is -0.320 e.